The van der Waals surface area contributed by atoms with Crippen LogP contribution in [0, 0.1) is 0 Å². The van der Waals surface area contributed by atoms with Crippen molar-refractivity contribution in [2.45, 2.75) is 50.5 Å². The van der Waals surface area contributed by atoms with Gasteiger partial charge in [-0.05, 0) is 55.7 Å². The van der Waals surface area contributed by atoms with Crippen molar-refractivity contribution < 1.29 is 54.9 Å². The highest BCUT2D eigenvalue weighted by atomic mass is 19.4. The van der Waals surface area contributed by atoms with Crippen LogP contribution in [0.1, 0.15) is 54.4 Å². The smallest absolute Gasteiger partial charge is 0.416 e. The zero-order valence-electron chi connectivity index (χ0n) is 21.7. The molecule has 0 N–H and O–H groups in total. The van der Waals surface area contributed by atoms with Crippen LogP contribution in [0.15, 0.2) is 30.3 Å². The Bertz CT molecular complexity index is 1200. The van der Waals surface area contributed by atoms with E-state index >= 15 is 0 Å². The van der Waals surface area contributed by atoms with Gasteiger partial charge in [-0.1, -0.05) is 0 Å². The van der Waals surface area contributed by atoms with Gasteiger partial charge in [0.05, 0.1) is 50.7 Å². The van der Waals surface area contributed by atoms with Crippen molar-refractivity contribution in [1.82, 2.24) is 0 Å². The molecule has 0 bridgehead atoms. The second kappa shape index (κ2) is 11.2. The van der Waals surface area contributed by atoms with Crippen molar-refractivity contribution in [1.29, 1.82) is 0 Å². The number of methoxy groups -OCH3 is 3. The third-order valence-electron chi connectivity index (χ3n) is 6.52. The highest BCUT2D eigenvalue weighted by molar-refractivity contribution is 5.92. The second-order valence-corrected chi connectivity index (χ2v) is 8.87. The number of nitrogens with zero attached hydrogens (tertiary/aromatic N) is 1. The lowest BCUT2D eigenvalue weighted by atomic mass is 9.74. The topological polar surface area (TPSA) is 74.3 Å². The molecule has 0 radical (unpaired) electrons. The largest absolute Gasteiger partial charge is 0.493 e. The molecule has 0 saturated heterocycles. The van der Waals surface area contributed by atoms with Crippen molar-refractivity contribution in [3.05, 3.63) is 52.6 Å². The molecule has 7 nitrogen and oxygen atoms in total. The summed E-state index contributed by atoms with van der Waals surface area (Å²) in [4.78, 5) is 27.3. The third-order valence-corrected chi connectivity index (χ3v) is 6.52. The van der Waals surface area contributed by atoms with Gasteiger partial charge in [0, 0.05) is 18.0 Å². The van der Waals surface area contributed by atoms with Gasteiger partial charge in [0.25, 0.3) is 0 Å². The van der Waals surface area contributed by atoms with E-state index in [1.807, 2.05) is 0 Å². The molecule has 2 aromatic carbocycles. The van der Waals surface area contributed by atoms with E-state index in [1.54, 1.807) is 13.8 Å². The van der Waals surface area contributed by atoms with Crippen molar-refractivity contribution in [3.63, 3.8) is 0 Å². The number of esters is 1. The summed E-state index contributed by atoms with van der Waals surface area (Å²) in [7, 11) is 3.66. The summed E-state index contributed by atoms with van der Waals surface area (Å²) in [5, 5.41) is 0. The number of hydrogen-bond donors (Lipinski definition) is 0. The number of rotatable bonds is 6. The Morgan fingerprint density at radius 1 is 0.923 bits per heavy atom. The van der Waals surface area contributed by atoms with Crippen LogP contribution < -0.4 is 14.4 Å². The molecule has 1 aliphatic rings. The highest BCUT2D eigenvalue weighted by Gasteiger charge is 2.44. The Hall–Kier alpha value is -3.64. The number of carbonyl (C=O) groups is 2. The zero-order chi connectivity index (χ0) is 29.3. The Labute approximate surface area is 220 Å². The Morgan fingerprint density at radius 3 is 1.92 bits per heavy atom. The van der Waals surface area contributed by atoms with E-state index in [2.05, 4.69) is 0 Å². The van der Waals surface area contributed by atoms with E-state index in [0.717, 1.165) is 7.11 Å². The number of fused-ring (bicyclic) bond motifs is 1. The molecule has 13 heteroatoms. The van der Waals surface area contributed by atoms with Crippen LogP contribution in [0.5, 0.6) is 11.5 Å². The summed E-state index contributed by atoms with van der Waals surface area (Å²) in [6.45, 7) is 3.26. The van der Waals surface area contributed by atoms with Gasteiger partial charge in [0.1, 0.15) is 0 Å². The first-order valence-electron chi connectivity index (χ1n) is 11.8. The molecule has 0 aromatic heterocycles. The first-order valence-corrected chi connectivity index (χ1v) is 11.8. The summed E-state index contributed by atoms with van der Waals surface area (Å²) in [6, 6.07) is 3.21. The fourth-order valence-corrected chi connectivity index (χ4v) is 4.83. The summed E-state index contributed by atoms with van der Waals surface area (Å²) in [6.07, 6.45) is -11.0. The van der Waals surface area contributed by atoms with Gasteiger partial charge in [-0.3, -0.25) is 9.69 Å². The van der Waals surface area contributed by atoms with Crippen molar-refractivity contribution in [2.75, 3.05) is 32.8 Å². The molecule has 0 aliphatic carbocycles. The van der Waals surface area contributed by atoms with Crippen LogP contribution in [0.3, 0.4) is 0 Å². The number of carbonyl (C=O) groups excluding carboxylic acids is 2. The molecule has 3 rings (SSSR count). The van der Waals surface area contributed by atoms with Gasteiger partial charge < -0.3 is 18.9 Å². The molecular weight excluding hydrogens is 536 g/mol. The highest BCUT2D eigenvalue weighted by Crippen LogP contribution is 2.51. The molecule has 1 aliphatic heterocycles. The normalized spacial score (nSPS) is 18.2. The van der Waals surface area contributed by atoms with Gasteiger partial charge in [0.15, 0.2) is 11.5 Å². The quantitative estimate of drug-likeness (QED) is 0.294. The molecule has 39 heavy (non-hydrogen) atoms. The summed E-state index contributed by atoms with van der Waals surface area (Å²) < 4.78 is 103. The number of amides is 1. The number of halogens is 6. The zero-order valence-corrected chi connectivity index (χ0v) is 21.7. The number of alkyl halides is 6. The molecular formula is C26H27F6NO6. The standard InChI is InChI=1S/C26H27F6NO6/c1-6-39-24(35)33-13(2)7-18(17-11-20(36-3)21(37-4)12-19(17)33)22(23(34)38-5)14-8-15(25(27,28)29)10-16(9-14)26(30,31)32/h8-13,18,22H,6-7H2,1-5H3. The fourth-order valence-electron chi connectivity index (χ4n) is 4.83. The summed E-state index contributed by atoms with van der Waals surface area (Å²) in [5.41, 5.74) is -3.21. The number of hydrogen-bond acceptors (Lipinski definition) is 6. The van der Waals surface area contributed by atoms with E-state index in [-0.39, 0.29) is 41.8 Å². The minimum atomic E-state index is -5.12. The molecule has 1 heterocycles. The van der Waals surface area contributed by atoms with Crippen molar-refractivity contribution in [2.24, 2.45) is 0 Å². The van der Waals surface area contributed by atoms with Gasteiger partial charge in [0.2, 0.25) is 0 Å². The van der Waals surface area contributed by atoms with Crippen molar-refractivity contribution >= 4 is 17.7 Å². The lowest BCUT2D eigenvalue weighted by molar-refractivity contribution is -0.145. The molecule has 2 aromatic rings. The van der Waals surface area contributed by atoms with Crippen LogP contribution in [0.2, 0.25) is 0 Å². The van der Waals surface area contributed by atoms with Gasteiger partial charge >= 0.3 is 24.4 Å². The third kappa shape index (κ3) is 6.01. The maximum absolute atomic E-state index is 13.6. The predicted octanol–water partition coefficient (Wildman–Crippen LogP) is 6.54. The lowest BCUT2D eigenvalue weighted by Gasteiger charge is -2.41. The number of anilines is 1. The Kier molecular flexibility index (Phi) is 8.61. The van der Waals surface area contributed by atoms with E-state index in [4.69, 9.17) is 18.9 Å². The lowest BCUT2D eigenvalue weighted by Crippen LogP contribution is -2.45. The Balaban J connectivity index is 2.34. The second-order valence-electron chi connectivity index (χ2n) is 8.87. The molecule has 3 atom stereocenters. The van der Waals surface area contributed by atoms with Gasteiger partial charge in [-0.15, -0.1) is 0 Å². The van der Waals surface area contributed by atoms with E-state index in [9.17, 15) is 35.9 Å². The molecule has 0 saturated carbocycles. The predicted molar refractivity (Wildman–Crippen MR) is 127 cm³/mol. The monoisotopic (exact) mass is 563 g/mol. The summed E-state index contributed by atoms with van der Waals surface area (Å²) >= 11 is 0. The molecule has 1 amide bonds. The van der Waals surface area contributed by atoms with E-state index in [1.165, 1.54) is 31.3 Å². The summed E-state index contributed by atoms with van der Waals surface area (Å²) in [5.74, 6) is -3.29. The van der Waals surface area contributed by atoms with Crippen molar-refractivity contribution in [3.8, 4) is 11.5 Å². The van der Waals surface area contributed by atoms with Crippen LogP contribution in [-0.4, -0.2) is 46.0 Å². The molecule has 0 spiro atoms. The van der Waals surface area contributed by atoms with Crippen LogP contribution in [0.4, 0.5) is 36.8 Å². The van der Waals surface area contributed by atoms with Crippen LogP contribution in [-0.2, 0) is 26.6 Å². The average Bonchev–Trinajstić information content (AvgIpc) is 2.86. The first-order chi connectivity index (χ1) is 18.2. The maximum Gasteiger partial charge on any atom is 0.416 e. The molecule has 3 unspecified atom stereocenters. The van der Waals surface area contributed by atoms with Crippen LogP contribution in [0.25, 0.3) is 0 Å². The van der Waals surface area contributed by atoms with Gasteiger partial charge in [-0.25, -0.2) is 4.79 Å². The number of ether oxygens (including phenoxy) is 4. The van der Waals surface area contributed by atoms with E-state index < -0.39 is 59.0 Å². The first kappa shape index (κ1) is 29.9. The average molecular weight is 563 g/mol. The molecule has 0 fully saturated rings. The Morgan fingerprint density at radius 2 is 1.46 bits per heavy atom. The molecule has 214 valence electrons. The minimum Gasteiger partial charge on any atom is -0.493 e. The van der Waals surface area contributed by atoms with Crippen LogP contribution >= 0.6 is 0 Å². The fraction of sp³-hybridized carbons (Fsp3) is 0.462. The minimum absolute atomic E-state index is 0.00827. The maximum atomic E-state index is 13.6. The van der Waals surface area contributed by atoms with E-state index in [0.29, 0.717) is 12.1 Å². The SMILES string of the molecule is CCOC(=O)N1c2cc(OC)c(OC)cc2C(C(C(=O)OC)c2cc(C(F)(F)F)cc(C(F)(F)F)c2)CC1C. The number of benzene rings is 2. The van der Waals surface area contributed by atoms with Gasteiger partial charge in [-0.2, -0.15) is 26.3 Å².